The van der Waals surface area contributed by atoms with Gasteiger partial charge in [-0.05, 0) is 67.2 Å². The molecule has 0 bridgehead atoms. The zero-order chi connectivity index (χ0) is 44.3. The van der Waals surface area contributed by atoms with Crippen LogP contribution < -0.4 is 0 Å². The van der Waals surface area contributed by atoms with E-state index in [2.05, 4.69) is 19.9 Å². The number of hydrogen-bond donors (Lipinski definition) is 0. The number of ether oxygens (including phenoxy) is 8. The lowest BCUT2D eigenvalue weighted by atomic mass is 9.96. The minimum Gasteiger partial charge on any atom is -0.446 e. The van der Waals surface area contributed by atoms with Crippen LogP contribution in [0, 0.1) is 11.8 Å². The molecule has 0 aliphatic heterocycles. The van der Waals surface area contributed by atoms with Gasteiger partial charge in [-0.3, -0.25) is 0 Å². The van der Waals surface area contributed by atoms with Crippen molar-refractivity contribution >= 4 is 36.7 Å². The third-order valence-corrected chi connectivity index (χ3v) is 8.86. The highest BCUT2D eigenvalue weighted by Crippen LogP contribution is 2.22. The van der Waals surface area contributed by atoms with Gasteiger partial charge in [0.1, 0.15) is 61.9 Å². The Labute approximate surface area is 351 Å². The Kier molecular flexibility index (Phi) is 18.3. The van der Waals surface area contributed by atoms with Crippen LogP contribution in [0.15, 0.2) is 74.9 Å². The number of aromatic nitrogens is 8. The number of nitrogens with zero attached hydrogens (tertiary/aromatic N) is 8. The first-order chi connectivity index (χ1) is 29.1. The topological polar surface area (TPSA) is 248 Å². The third kappa shape index (κ3) is 16.8. The SMILES string of the molecule is CC(CC(C)OC(=O)OCC(CC(C)OC(=O)n1ccnc1)CC(C)OC(=O)n1ccnc1)OC(=O)OCC(CC(C)OC(=O)n1ccnc1)CC(C)OC(=O)n1ccnc1. The highest BCUT2D eigenvalue weighted by molar-refractivity contribution is 5.71. The lowest BCUT2D eigenvalue weighted by Crippen LogP contribution is -2.30. The van der Waals surface area contributed by atoms with Gasteiger partial charge in [0.25, 0.3) is 0 Å². The molecule has 4 aromatic heterocycles. The van der Waals surface area contributed by atoms with Crippen molar-refractivity contribution in [1.29, 1.82) is 0 Å². The molecule has 0 fully saturated rings. The van der Waals surface area contributed by atoms with E-state index in [9.17, 15) is 28.8 Å². The van der Waals surface area contributed by atoms with Crippen LogP contribution in [0.5, 0.6) is 0 Å². The third-order valence-electron chi connectivity index (χ3n) is 8.86. The predicted molar refractivity (Wildman–Crippen MR) is 208 cm³/mol. The number of imidazole rings is 4. The van der Waals surface area contributed by atoms with Crippen LogP contribution in [0.25, 0.3) is 0 Å². The minimum atomic E-state index is -0.994. The van der Waals surface area contributed by atoms with Gasteiger partial charge in [0.05, 0.1) is 13.2 Å². The summed E-state index contributed by atoms with van der Waals surface area (Å²) in [6, 6.07) is 0. The van der Waals surface area contributed by atoms with Crippen LogP contribution in [0.1, 0.15) is 73.6 Å². The van der Waals surface area contributed by atoms with Crippen molar-refractivity contribution < 1.29 is 66.7 Å². The molecule has 61 heavy (non-hydrogen) atoms. The van der Waals surface area contributed by atoms with E-state index in [0.29, 0.717) is 0 Å². The summed E-state index contributed by atoms with van der Waals surface area (Å²) >= 11 is 0. The lowest BCUT2D eigenvalue weighted by molar-refractivity contribution is -0.0208. The molecule has 0 spiro atoms. The Bertz CT molecular complexity index is 1690. The summed E-state index contributed by atoms with van der Waals surface area (Å²) in [6.45, 7) is 9.59. The van der Waals surface area contributed by atoms with Crippen LogP contribution in [0.4, 0.5) is 28.8 Å². The molecule has 332 valence electrons. The summed E-state index contributed by atoms with van der Waals surface area (Å²) in [6.07, 6.45) is 9.25. The van der Waals surface area contributed by atoms with Gasteiger partial charge in [0, 0.05) is 67.8 Å². The van der Waals surface area contributed by atoms with Crippen LogP contribution in [-0.2, 0) is 37.9 Å². The Hall–Kier alpha value is -6.74. The molecule has 0 aliphatic rings. The molecule has 0 amide bonds. The van der Waals surface area contributed by atoms with E-state index in [1.807, 2.05) is 0 Å². The van der Waals surface area contributed by atoms with Gasteiger partial charge in [-0.15, -0.1) is 0 Å². The quantitative estimate of drug-likeness (QED) is 0.0695. The molecule has 4 heterocycles. The molecule has 4 rings (SSSR count). The van der Waals surface area contributed by atoms with Crippen molar-refractivity contribution in [2.75, 3.05) is 13.2 Å². The second-order valence-corrected chi connectivity index (χ2v) is 14.5. The van der Waals surface area contributed by atoms with E-state index < -0.39 is 85.1 Å². The molecule has 0 aromatic carbocycles. The Morgan fingerprint density at radius 2 is 0.639 bits per heavy atom. The average molecular weight is 857 g/mol. The van der Waals surface area contributed by atoms with Crippen molar-refractivity contribution in [3.8, 4) is 0 Å². The van der Waals surface area contributed by atoms with E-state index in [4.69, 9.17) is 37.9 Å². The van der Waals surface area contributed by atoms with Crippen molar-refractivity contribution in [3.05, 3.63) is 74.9 Å². The smallest absolute Gasteiger partial charge is 0.446 e. The van der Waals surface area contributed by atoms with E-state index in [0.717, 1.165) is 0 Å². The molecule has 0 aliphatic carbocycles. The standard InChI is InChI=1S/C39H52N8O14/c1-26(60-38(52)54-20-32(16-28(3)56-34(48)44-11-7-40-22-44)17-29(4)57-35(49)45-12-8-41-23-45)15-27(2)61-39(53)55-21-33(18-30(5)58-36(50)46-13-9-42-24-46)19-31(6)59-37(51)47-14-10-43-25-47/h7-14,22-33H,15-21H2,1-6H3. The zero-order valence-corrected chi connectivity index (χ0v) is 34.8. The first-order valence-corrected chi connectivity index (χ1v) is 19.6. The van der Waals surface area contributed by atoms with Gasteiger partial charge in [-0.2, -0.15) is 0 Å². The summed E-state index contributed by atoms with van der Waals surface area (Å²) in [5.74, 6) is -0.864. The number of carbonyl (C=O) groups is 6. The van der Waals surface area contributed by atoms with Crippen molar-refractivity contribution in [2.45, 2.75) is 110 Å². The summed E-state index contributed by atoms with van der Waals surface area (Å²) in [5.41, 5.74) is 0. The van der Waals surface area contributed by atoms with Gasteiger partial charge >= 0.3 is 36.7 Å². The first kappa shape index (κ1) is 46.9. The fraction of sp³-hybridized carbons (Fsp3) is 0.538. The van der Waals surface area contributed by atoms with Crippen molar-refractivity contribution in [3.63, 3.8) is 0 Å². The first-order valence-electron chi connectivity index (χ1n) is 19.6. The van der Waals surface area contributed by atoms with Gasteiger partial charge in [0.2, 0.25) is 0 Å². The molecular formula is C39H52N8O14. The normalized spacial score (nSPS) is 15.0. The fourth-order valence-corrected chi connectivity index (χ4v) is 6.27. The predicted octanol–water partition coefficient (Wildman–Crippen LogP) is 6.33. The molecule has 6 unspecified atom stereocenters. The van der Waals surface area contributed by atoms with Gasteiger partial charge < -0.3 is 37.9 Å². The van der Waals surface area contributed by atoms with Gasteiger partial charge in [-0.1, -0.05) is 0 Å². The maximum Gasteiger partial charge on any atom is 0.508 e. The highest BCUT2D eigenvalue weighted by atomic mass is 16.7. The molecule has 6 atom stereocenters. The maximum atomic E-state index is 12.8. The summed E-state index contributed by atoms with van der Waals surface area (Å²) in [5, 5.41) is 0. The monoisotopic (exact) mass is 856 g/mol. The molecule has 0 radical (unpaired) electrons. The van der Waals surface area contributed by atoms with Gasteiger partial charge in [-0.25, -0.2) is 67.0 Å². The summed E-state index contributed by atoms with van der Waals surface area (Å²) in [4.78, 5) is 90.7. The molecule has 0 saturated carbocycles. The van der Waals surface area contributed by atoms with E-state index >= 15 is 0 Å². The largest absolute Gasteiger partial charge is 0.508 e. The Morgan fingerprint density at radius 1 is 0.393 bits per heavy atom. The second-order valence-electron chi connectivity index (χ2n) is 14.5. The van der Waals surface area contributed by atoms with E-state index in [-0.39, 0.29) is 45.3 Å². The van der Waals surface area contributed by atoms with Crippen LogP contribution in [0.2, 0.25) is 0 Å². The molecule has 0 saturated heterocycles. The van der Waals surface area contributed by atoms with Crippen molar-refractivity contribution in [1.82, 2.24) is 38.2 Å². The number of carbonyl (C=O) groups excluding carboxylic acids is 6. The molecule has 0 N–H and O–H groups in total. The lowest BCUT2D eigenvalue weighted by Gasteiger charge is -2.25. The highest BCUT2D eigenvalue weighted by Gasteiger charge is 2.27. The fourth-order valence-electron chi connectivity index (χ4n) is 6.27. The van der Waals surface area contributed by atoms with Crippen LogP contribution in [0.3, 0.4) is 0 Å². The summed E-state index contributed by atoms with van der Waals surface area (Å²) in [7, 11) is 0. The van der Waals surface area contributed by atoms with E-state index in [1.54, 1.807) is 41.5 Å². The van der Waals surface area contributed by atoms with Crippen molar-refractivity contribution in [2.24, 2.45) is 11.8 Å². The summed E-state index contributed by atoms with van der Waals surface area (Å²) < 4.78 is 48.4. The van der Waals surface area contributed by atoms with Crippen LogP contribution >= 0.6 is 0 Å². The minimum absolute atomic E-state index is 0.0853. The molecule has 22 heteroatoms. The Morgan fingerprint density at radius 3 is 0.869 bits per heavy atom. The van der Waals surface area contributed by atoms with Gasteiger partial charge in [0.15, 0.2) is 0 Å². The van der Waals surface area contributed by atoms with E-state index in [1.165, 1.54) is 93.2 Å². The molecule has 4 aromatic rings. The molecular weight excluding hydrogens is 804 g/mol. The molecule has 22 nitrogen and oxygen atoms in total. The van der Waals surface area contributed by atoms with Crippen LogP contribution in [-0.4, -0.2) is 125 Å². The zero-order valence-electron chi connectivity index (χ0n) is 34.8. The Balaban J connectivity index is 1.24. The maximum absolute atomic E-state index is 12.8. The second kappa shape index (κ2) is 23.7. The number of hydrogen-bond acceptors (Lipinski definition) is 18. The number of rotatable bonds is 20. The average Bonchev–Trinajstić information content (AvgIpc) is 4.04.